The van der Waals surface area contributed by atoms with Gasteiger partial charge in [0.15, 0.2) is 0 Å². The van der Waals surface area contributed by atoms with Crippen molar-refractivity contribution in [3.63, 3.8) is 0 Å². The third-order valence-electron chi connectivity index (χ3n) is 3.89. The van der Waals surface area contributed by atoms with E-state index in [0.717, 1.165) is 37.9 Å². The molecule has 2 rings (SSSR count). The highest BCUT2D eigenvalue weighted by atomic mass is 19.1. The number of rotatable bonds is 7. The molecule has 0 amide bonds. The van der Waals surface area contributed by atoms with Crippen molar-refractivity contribution in [1.29, 1.82) is 0 Å². The average Bonchev–Trinajstić information content (AvgIpc) is 2.47. The maximum Gasteiger partial charge on any atom is 0.123 e. The van der Waals surface area contributed by atoms with Crippen LogP contribution in [0.1, 0.15) is 57.1 Å². The van der Waals surface area contributed by atoms with Crippen LogP contribution in [0.5, 0.6) is 0 Å². The first-order chi connectivity index (χ1) is 9.79. The van der Waals surface area contributed by atoms with Crippen molar-refractivity contribution in [2.75, 3.05) is 13.1 Å². The van der Waals surface area contributed by atoms with Crippen LogP contribution < -0.4 is 5.32 Å². The summed E-state index contributed by atoms with van der Waals surface area (Å²) in [6.45, 7) is 3.87. The minimum atomic E-state index is -0.185. The summed E-state index contributed by atoms with van der Waals surface area (Å²) < 4.78 is 19.7. The maximum atomic E-state index is 13.4. The molecule has 1 aromatic carbocycles. The number of hydrogen-bond acceptors (Lipinski definition) is 2. The molecule has 0 bridgehead atoms. The van der Waals surface area contributed by atoms with E-state index in [-0.39, 0.29) is 11.9 Å². The Morgan fingerprint density at radius 1 is 1.30 bits per heavy atom. The van der Waals surface area contributed by atoms with E-state index < -0.39 is 0 Å². The first kappa shape index (κ1) is 15.5. The van der Waals surface area contributed by atoms with Gasteiger partial charge < -0.3 is 10.1 Å². The van der Waals surface area contributed by atoms with Crippen LogP contribution in [0.2, 0.25) is 0 Å². The molecule has 0 aliphatic heterocycles. The summed E-state index contributed by atoms with van der Waals surface area (Å²) in [5.74, 6) is -0.185. The molecular weight excluding hydrogens is 253 g/mol. The van der Waals surface area contributed by atoms with E-state index in [1.165, 1.54) is 25.3 Å². The summed E-state index contributed by atoms with van der Waals surface area (Å²) in [6, 6.07) is 6.81. The Bertz CT molecular complexity index is 390. The number of ether oxygens (including phenoxy) is 1. The molecule has 1 N–H and O–H groups in total. The standard InChI is InChI=1S/C17H26FNO/c1-2-11-19-13-17(14-7-6-8-15(18)12-14)20-16-9-4-3-5-10-16/h6-8,12,16-17,19H,2-5,9-11,13H2,1H3. The summed E-state index contributed by atoms with van der Waals surface area (Å²) in [4.78, 5) is 0. The van der Waals surface area contributed by atoms with E-state index in [2.05, 4.69) is 12.2 Å². The molecule has 1 fully saturated rings. The molecule has 1 unspecified atom stereocenters. The lowest BCUT2D eigenvalue weighted by Crippen LogP contribution is -2.28. The second kappa shape index (κ2) is 8.38. The first-order valence-corrected chi connectivity index (χ1v) is 7.91. The quantitative estimate of drug-likeness (QED) is 0.755. The molecule has 1 aromatic rings. The zero-order chi connectivity index (χ0) is 14.2. The van der Waals surface area contributed by atoms with Crippen LogP contribution in [0.25, 0.3) is 0 Å². The molecule has 20 heavy (non-hydrogen) atoms. The van der Waals surface area contributed by atoms with Gasteiger partial charge in [0.1, 0.15) is 5.82 Å². The van der Waals surface area contributed by atoms with Gasteiger partial charge in [-0.25, -0.2) is 4.39 Å². The predicted octanol–water partition coefficient (Wildman–Crippen LogP) is 4.22. The van der Waals surface area contributed by atoms with Crippen LogP contribution in [-0.4, -0.2) is 19.2 Å². The fourth-order valence-corrected chi connectivity index (χ4v) is 2.79. The maximum absolute atomic E-state index is 13.4. The Hall–Kier alpha value is -0.930. The highest BCUT2D eigenvalue weighted by Gasteiger charge is 2.20. The van der Waals surface area contributed by atoms with Crippen molar-refractivity contribution in [2.24, 2.45) is 0 Å². The molecule has 0 saturated heterocycles. The Balaban J connectivity index is 1.99. The molecule has 1 aliphatic carbocycles. The van der Waals surface area contributed by atoms with Gasteiger partial charge in [-0.2, -0.15) is 0 Å². The van der Waals surface area contributed by atoms with E-state index in [0.29, 0.717) is 6.10 Å². The largest absolute Gasteiger partial charge is 0.369 e. The van der Waals surface area contributed by atoms with Crippen LogP contribution in [0, 0.1) is 5.82 Å². The SMILES string of the molecule is CCCNCC(OC1CCCCC1)c1cccc(F)c1. The van der Waals surface area contributed by atoms with Gasteiger partial charge in [-0.15, -0.1) is 0 Å². The summed E-state index contributed by atoms with van der Waals surface area (Å²) in [7, 11) is 0. The van der Waals surface area contributed by atoms with Crippen molar-refractivity contribution < 1.29 is 9.13 Å². The molecule has 0 aromatic heterocycles. The lowest BCUT2D eigenvalue weighted by atomic mass is 9.97. The molecule has 1 atom stereocenters. The molecule has 0 heterocycles. The van der Waals surface area contributed by atoms with Crippen LogP contribution in [-0.2, 0) is 4.74 Å². The van der Waals surface area contributed by atoms with Gasteiger partial charge in [0, 0.05) is 6.54 Å². The van der Waals surface area contributed by atoms with Crippen LogP contribution in [0.3, 0.4) is 0 Å². The molecule has 1 saturated carbocycles. The minimum Gasteiger partial charge on any atom is -0.369 e. The van der Waals surface area contributed by atoms with Crippen molar-refractivity contribution in [2.45, 2.75) is 57.7 Å². The van der Waals surface area contributed by atoms with Gasteiger partial charge in [0.2, 0.25) is 0 Å². The number of nitrogens with one attached hydrogen (secondary N) is 1. The van der Waals surface area contributed by atoms with Gasteiger partial charge in [-0.3, -0.25) is 0 Å². The molecular formula is C17H26FNO. The zero-order valence-corrected chi connectivity index (χ0v) is 12.4. The third-order valence-corrected chi connectivity index (χ3v) is 3.89. The van der Waals surface area contributed by atoms with Gasteiger partial charge in [-0.05, 0) is 43.5 Å². The highest BCUT2D eigenvalue weighted by Crippen LogP contribution is 2.27. The molecule has 0 spiro atoms. The number of hydrogen-bond donors (Lipinski definition) is 1. The molecule has 0 radical (unpaired) electrons. The summed E-state index contributed by atoms with van der Waals surface area (Å²) in [5, 5.41) is 3.40. The van der Waals surface area contributed by atoms with Crippen LogP contribution in [0.15, 0.2) is 24.3 Å². The molecule has 112 valence electrons. The zero-order valence-electron chi connectivity index (χ0n) is 12.4. The van der Waals surface area contributed by atoms with Crippen molar-refractivity contribution in [3.05, 3.63) is 35.6 Å². The van der Waals surface area contributed by atoms with Gasteiger partial charge in [0.05, 0.1) is 12.2 Å². The second-order valence-electron chi connectivity index (χ2n) is 5.64. The number of halogens is 1. The lowest BCUT2D eigenvalue weighted by Gasteiger charge is -2.28. The van der Waals surface area contributed by atoms with E-state index >= 15 is 0 Å². The molecule has 1 aliphatic rings. The van der Waals surface area contributed by atoms with E-state index in [4.69, 9.17) is 4.74 Å². The normalized spacial score (nSPS) is 18.1. The minimum absolute atomic E-state index is 0.0413. The average molecular weight is 279 g/mol. The van der Waals surface area contributed by atoms with Crippen LogP contribution >= 0.6 is 0 Å². The fourth-order valence-electron chi connectivity index (χ4n) is 2.79. The van der Waals surface area contributed by atoms with Crippen molar-refractivity contribution >= 4 is 0 Å². The van der Waals surface area contributed by atoms with Gasteiger partial charge >= 0.3 is 0 Å². The molecule has 2 nitrogen and oxygen atoms in total. The Labute approximate surface area is 121 Å². The van der Waals surface area contributed by atoms with Crippen molar-refractivity contribution in [3.8, 4) is 0 Å². The second-order valence-corrected chi connectivity index (χ2v) is 5.64. The fraction of sp³-hybridized carbons (Fsp3) is 0.647. The van der Waals surface area contributed by atoms with E-state index in [9.17, 15) is 4.39 Å². The van der Waals surface area contributed by atoms with Crippen molar-refractivity contribution in [1.82, 2.24) is 5.32 Å². The third kappa shape index (κ3) is 4.88. The summed E-state index contributed by atoms with van der Waals surface area (Å²) >= 11 is 0. The van der Waals surface area contributed by atoms with Gasteiger partial charge in [0.25, 0.3) is 0 Å². The summed E-state index contributed by atoms with van der Waals surface area (Å²) in [6.07, 6.45) is 7.49. The smallest absolute Gasteiger partial charge is 0.123 e. The Morgan fingerprint density at radius 3 is 2.80 bits per heavy atom. The Morgan fingerprint density at radius 2 is 2.10 bits per heavy atom. The Kier molecular flexibility index (Phi) is 6.48. The molecule has 3 heteroatoms. The van der Waals surface area contributed by atoms with E-state index in [1.54, 1.807) is 12.1 Å². The van der Waals surface area contributed by atoms with Gasteiger partial charge in [-0.1, -0.05) is 38.3 Å². The first-order valence-electron chi connectivity index (χ1n) is 7.91. The highest BCUT2D eigenvalue weighted by molar-refractivity contribution is 5.19. The number of benzene rings is 1. The summed E-state index contributed by atoms with van der Waals surface area (Å²) in [5.41, 5.74) is 0.944. The van der Waals surface area contributed by atoms with Crippen LogP contribution in [0.4, 0.5) is 4.39 Å². The monoisotopic (exact) mass is 279 g/mol. The lowest BCUT2D eigenvalue weighted by molar-refractivity contribution is -0.0306. The topological polar surface area (TPSA) is 21.3 Å². The van der Waals surface area contributed by atoms with E-state index in [1.807, 2.05) is 6.07 Å². The predicted molar refractivity (Wildman–Crippen MR) is 80.3 cm³/mol.